The average Bonchev–Trinajstić information content (AvgIpc) is 3.42. The van der Waals surface area contributed by atoms with Gasteiger partial charge in [-0.2, -0.15) is 10.5 Å². The molecule has 2 heteroatoms. The van der Waals surface area contributed by atoms with Gasteiger partial charge >= 0.3 is 0 Å². The predicted octanol–water partition coefficient (Wildman–Crippen LogP) is 7.23. The lowest BCUT2D eigenvalue weighted by molar-refractivity contribution is 0.533. The molecule has 0 aliphatic heterocycles. The van der Waals surface area contributed by atoms with Crippen molar-refractivity contribution in [2.75, 3.05) is 0 Å². The second-order valence-electron chi connectivity index (χ2n) is 12.2. The molecule has 0 spiro atoms. The van der Waals surface area contributed by atoms with Gasteiger partial charge in [0.2, 0.25) is 0 Å². The van der Waals surface area contributed by atoms with E-state index < -0.39 is 10.8 Å². The molecule has 33 heavy (non-hydrogen) atoms. The summed E-state index contributed by atoms with van der Waals surface area (Å²) in [5.41, 5.74) is 6.02. The van der Waals surface area contributed by atoms with Crippen molar-refractivity contribution in [2.24, 2.45) is 17.3 Å². The summed E-state index contributed by atoms with van der Waals surface area (Å²) < 4.78 is 0. The molecule has 1 fully saturated rings. The molecule has 0 amide bonds. The monoisotopic (exact) mass is 432 g/mol. The van der Waals surface area contributed by atoms with E-state index in [2.05, 4.69) is 114 Å². The Morgan fingerprint density at radius 1 is 0.788 bits per heavy atom. The Bertz CT molecular complexity index is 1260. The van der Waals surface area contributed by atoms with Crippen LogP contribution in [0, 0.1) is 39.9 Å². The van der Waals surface area contributed by atoms with Crippen molar-refractivity contribution in [1.82, 2.24) is 0 Å². The Labute approximate surface area is 198 Å². The third kappa shape index (κ3) is 2.90. The molecule has 2 aromatic rings. The van der Waals surface area contributed by atoms with Gasteiger partial charge in [0.15, 0.2) is 0 Å². The van der Waals surface area contributed by atoms with Gasteiger partial charge in [-0.25, -0.2) is 0 Å². The molecule has 0 N–H and O–H groups in total. The molecule has 0 heterocycles. The molecular weight excluding hydrogens is 400 g/mol. The van der Waals surface area contributed by atoms with E-state index >= 15 is 0 Å². The summed E-state index contributed by atoms with van der Waals surface area (Å²) in [4.78, 5) is 0. The predicted molar refractivity (Wildman–Crippen MR) is 133 cm³/mol. The standard InChI is InChI=1S/C31H32N2/c1-28(2,3)22-9-7-20(8-10-22)26-17-30(19-33)27-15-25(26)21(18-32)16-31(27,30)24-13-11-23(12-14-24)29(4,5)6/h7-14,16-17,25,27H,15H2,1-6H3/t25-,27-,30-,31+/m1/s1. The number of hydrogen-bond acceptors (Lipinski definition) is 2. The van der Waals surface area contributed by atoms with Gasteiger partial charge in [-0.3, -0.25) is 0 Å². The quantitative estimate of drug-likeness (QED) is 0.503. The summed E-state index contributed by atoms with van der Waals surface area (Å²) in [6, 6.07) is 22.7. The number of rotatable bonds is 2. The highest BCUT2D eigenvalue weighted by molar-refractivity contribution is 5.80. The van der Waals surface area contributed by atoms with E-state index in [4.69, 9.17) is 0 Å². The molecule has 166 valence electrons. The number of allylic oxidation sites excluding steroid dienone is 4. The highest BCUT2D eigenvalue weighted by atomic mass is 14.8. The van der Waals surface area contributed by atoms with E-state index in [-0.39, 0.29) is 22.7 Å². The van der Waals surface area contributed by atoms with E-state index in [9.17, 15) is 10.5 Å². The molecule has 5 rings (SSSR count). The van der Waals surface area contributed by atoms with Crippen LogP contribution in [0.3, 0.4) is 0 Å². The van der Waals surface area contributed by atoms with Gasteiger partial charge in [0.25, 0.3) is 0 Å². The van der Waals surface area contributed by atoms with E-state index in [1.807, 2.05) is 0 Å². The molecular formula is C31H32N2. The minimum atomic E-state index is -0.580. The zero-order chi connectivity index (χ0) is 23.8. The minimum absolute atomic E-state index is 0.0754. The van der Waals surface area contributed by atoms with Crippen LogP contribution in [-0.4, -0.2) is 0 Å². The first-order valence-electron chi connectivity index (χ1n) is 12.0. The van der Waals surface area contributed by atoms with E-state index in [0.717, 1.165) is 28.7 Å². The molecule has 2 aromatic carbocycles. The molecule has 0 saturated heterocycles. The van der Waals surface area contributed by atoms with Crippen molar-refractivity contribution < 1.29 is 0 Å². The Hall–Kier alpha value is -3.10. The molecule has 1 saturated carbocycles. The number of benzene rings is 2. The van der Waals surface area contributed by atoms with Crippen LogP contribution in [0.5, 0.6) is 0 Å². The maximum Gasteiger partial charge on any atom is 0.0950 e. The first kappa shape index (κ1) is 21.7. The van der Waals surface area contributed by atoms with Gasteiger partial charge in [0.05, 0.1) is 17.6 Å². The Kier molecular flexibility index (Phi) is 4.42. The molecule has 3 aliphatic rings. The summed E-state index contributed by atoms with van der Waals surface area (Å²) in [5.74, 6) is 0.307. The van der Waals surface area contributed by atoms with Crippen molar-refractivity contribution in [2.45, 2.75) is 64.2 Å². The average molecular weight is 433 g/mol. The lowest BCUT2D eigenvalue weighted by atomic mass is 9.74. The fourth-order valence-corrected chi connectivity index (χ4v) is 6.29. The Morgan fingerprint density at radius 2 is 1.33 bits per heavy atom. The minimum Gasteiger partial charge on any atom is -0.197 e. The van der Waals surface area contributed by atoms with Crippen LogP contribution < -0.4 is 0 Å². The van der Waals surface area contributed by atoms with Crippen molar-refractivity contribution >= 4 is 5.57 Å². The molecule has 4 atom stereocenters. The fraction of sp³-hybridized carbons (Fsp3) is 0.419. The fourth-order valence-electron chi connectivity index (χ4n) is 6.29. The number of nitriles is 2. The maximum absolute atomic E-state index is 10.5. The van der Waals surface area contributed by atoms with Crippen LogP contribution in [0.15, 0.2) is 66.3 Å². The van der Waals surface area contributed by atoms with Crippen LogP contribution in [0.1, 0.15) is 70.2 Å². The second kappa shape index (κ2) is 6.71. The van der Waals surface area contributed by atoms with E-state index in [0.29, 0.717) is 0 Å². The van der Waals surface area contributed by atoms with Crippen LogP contribution in [0.2, 0.25) is 0 Å². The van der Waals surface area contributed by atoms with Crippen molar-refractivity contribution in [3.63, 3.8) is 0 Å². The molecule has 0 aromatic heterocycles. The normalized spacial score (nSPS) is 29.9. The number of fused-ring (bicyclic) bond motifs is 2. The van der Waals surface area contributed by atoms with Gasteiger partial charge in [-0.1, -0.05) is 102 Å². The summed E-state index contributed by atoms with van der Waals surface area (Å²) in [6.07, 6.45) is 5.23. The van der Waals surface area contributed by atoms with Crippen molar-refractivity contribution in [3.8, 4) is 12.1 Å². The lowest BCUT2D eigenvalue weighted by Gasteiger charge is -2.28. The number of hydrogen-bond donors (Lipinski definition) is 0. The summed E-state index contributed by atoms with van der Waals surface area (Å²) >= 11 is 0. The number of nitrogens with zero attached hydrogens (tertiary/aromatic N) is 2. The van der Waals surface area contributed by atoms with Gasteiger partial charge in [0, 0.05) is 16.9 Å². The maximum atomic E-state index is 10.5. The topological polar surface area (TPSA) is 47.6 Å². The third-order valence-corrected chi connectivity index (χ3v) is 8.32. The van der Waals surface area contributed by atoms with Crippen LogP contribution in [0.25, 0.3) is 5.57 Å². The van der Waals surface area contributed by atoms with Gasteiger partial charge in [-0.15, -0.1) is 0 Å². The van der Waals surface area contributed by atoms with E-state index in [1.165, 1.54) is 11.1 Å². The molecule has 2 nitrogen and oxygen atoms in total. The van der Waals surface area contributed by atoms with Gasteiger partial charge < -0.3 is 0 Å². The van der Waals surface area contributed by atoms with Gasteiger partial charge in [0.1, 0.15) is 0 Å². The van der Waals surface area contributed by atoms with Gasteiger partial charge in [-0.05, 0) is 51.0 Å². The zero-order valence-electron chi connectivity index (χ0n) is 20.5. The van der Waals surface area contributed by atoms with E-state index in [1.54, 1.807) is 0 Å². The molecule has 2 bridgehead atoms. The summed E-state index contributed by atoms with van der Waals surface area (Å²) in [5, 5.41) is 20.6. The summed E-state index contributed by atoms with van der Waals surface area (Å²) in [6.45, 7) is 13.3. The molecule has 0 radical (unpaired) electrons. The second-order valence-corrected chi connectivity index (χ2v) is 12.2. The SMILES string of the molecule is CC(C)(C)c1ccc(C2=C[C@@]3(C#N)[C@H]4C[C@@H]2C(C#N)=C[C@]43c2ccc(C(C)(C)C)cc2)cc1. The largest absolute Gasteiger partial charge is 0.197 e. The Balaban J connectivity index is 1.63. The zero-order valence-corrected chi connectivity index (χ0v) is 20.5. The van der Waals surface area contributed by atoms with Crippen molar-refractivity contribution in [1.29, 1.82) is 10.5 Å². The smallest absolute Gasteiger partial charge is 0.0950 e. The van der Waals surface area contributed by atoms with Crippen molar-refractivity contribution in [3.05, 3.63) is 88.5 Å². The van der Waals surface area contributed by atoms with Crippen LogP contribution in [-0.2, 0) is 16.2 Å². The Morgan fingerprint density at radius 3 is 1.82 bits per heavy atom. The van der Waals surface area contributed by atoms with Crippen LogP contribution >= 0.6 is 0 Å². The highest BCUT2D eigenvalue weighted by Crippen LogP contribution is 2.78. The first-order valence-corrected chi connectivity index (χ1v) is 12.0. The molecule has 0 unspecified atom stereocenters. The highest BCUT2D eigenvalue weighted by Gasteiger charge is 2.79. The molecule has 3 aliphatic carbocycles. The third-order valence-electron chi connectivity index (χ3n) is 8.32. The van der Waals surface area contributed by atoms with Crippen LogP contribution in [0.4, 0.5) is 0 Å². The first-order chi connectivity index (χ1) is 15.5. The summed E-state index contributed by atoms with van der Waals surface area (Å²) in [7, 11) is 0. The lowest BCUT2D eigenvalue weighted by Crippen LogP contribution is -2.19.